The summed E-state index contributed by atoms with van der Waals surface area (Å²) in [6.07, 6.45) is 2.83. The van der Waals surface area contributed by atoms with Gasteiger partial charge in [0.2, 0.25) is 0 Å². The molecule has 0 aromatic carbocycles. The maximum atomic E-state index is 12.4. The lowest BCUT2D eigenvalue weighted by Crippen LogP contribution is -2.14. The highest BCUT2D eigenvalue weighted by atomic mass is 16.5. The first-order chi connectivity index (χ1) is 11.7. The van der Waals surface area contributed by atoms with Crippen LogP contribution in [-0.2, 0) is 17.6 Å². The molecule has 1 aliphatic rings. The van der Waals surface area contributed by atoms with Gasteiger partial charge in [-0.25, -0.2) is 14.5 Å². The molecule has 0 radical (unpaired) electrons. The molecule has 8 nitrogen and oxygen atoms in total. The van der Waals surface area contributed by atoms with Gasteiger partial charge in [-0.1, -0.05) is 6.07 Å². The second-order valence-electron chi connectivity index (χ2n) is 5.42. The molecule has 8 heteroatoms. The Morgan fingerprint density at radius 1 is 1.33 bits per heavy atom. The number of carbonyl (C=O) groups is 1. The number of nitrogens with zero attached hydrogens (tertiary/aromatic N) is 3. The third-order valence-electron chi connectivity index (χ3n) is 4.05. The first-order valence-electron chi connectivity index (χ1n) is 7.71. The van der Waals surface area contributed by atoms with E-state index in [1.807, 2.05) is 18.2 Å². The fourth-order valence-corrected chi connectivity index (χ4v) is 3.04. The molecule has 3 heterocycles. The largest absolute Gasteiger partial charge is 0.461 e. The predicted molar refractivity (Wildman–Crippen MR) is 85.1 cm³/mol. The number of aromatic nitrogens is 5. The van der Waals surface area contributed by atoms with Gasteiger partial charge in [-0.15, -0.1) is 0 Å². The van der Waals surface area contributed by atoms with E-state index in [9.17, 15) is 9.59 Å². The average Bonchev–Trinajstić information content (AvgIpc) is 3.17. The molecule has 3 aromatic rings. The predicted octanol–water partition coefficient (Wildman–Crippen LogP) is 1.23. The molecule has 122 valence electrons. The number of fused-ring (bicyclic) bond motifs is 3. The Bertz CT molecular complexity index is 968. The van der Waals surface area contributed by atoms with Crippen LogP contribution in [0.5, 0.6) is 0 Å². The number of ether oxygens (including phenoxy) is 1. The molecule has 0 saturated heterocycles. The van der Waals surface area contributed by atoms with E-state index in [1.165, 1.54) is 0 Å². The fourth-order valence-electron chi connectivity index (χ4n) is 3.04. The van der Waals surface area contributed by atoms with Crippen LogP contribution >= 0.6 is 0 Å². The van der Waals surface area contributed by atoms with E-state index in [0.717, 1.165) is 5.69 Å². The van der Waals surface area contributed by atoms with Gasteiger partial charge in [-0.2, -0.15) is 5.10 Å². The molecule has 0 amide bonds. The maximum absolute atomic E-state index is 12.4. The Morgan fingerprint density at radius 3 is 2.96 bits per heavy atom. The van der Waals surface area contributed by atoms with Crippen molar-refractivity contribution in [2.24, 2.45) is 0 Å². The van der Waals surface area contributed by atoms with Gasteiger partial charge in [0.15, 0.2) is 11.5 Å². The molecule has 0 bridgehead atoms. The van der Waals surface area contributed by atoms with Crippen LogP contribution in [0.3, 0.4) is 0 Å². The van der Waals surface area contributed by atoms with E-state index in [-0.39, 0.29) is 17.9 Å². The van der Waals surface area contributed by atoms with Gasteiger partial charge in [0.1, 0.15) is 0 Å². The van der Waals surface area contributed by atoms with Gasteiger partial charge in [0, 0.05) is 11.8 Å². The van der Waals surface area contributed by atoms with Crippen molar-refractivity contribution in [1.29, 1.82) is 0 Å². The molecule has 0 saturated carbocycles. The maximum Gasteiger partial charge on any atom is 0.359 e. The minimum atomic E-state index is -0.515. The summed E-state index contributed by atoms with van der Waals surface area (Å²) in [5.41, 5.74) is 2.70. The quantitative estimate of drug-likeness (QED) is 0.705. The van der Waals surface area contributed by atoms with E-state index in [4.69, 9.17) is 4.74 Å². The highest BCUT2D eigenvalue weighted by molar-refractivity contribution is 5.96. The van der Waals surface area contributed by atoms with E-state index in [2.05, 4.69) is 20.3 Å². The van der Waals surface area contributed by atoms with Gasteiger partial charge in [0.05, 0.1) is 23.6 Å². The fraction of sp³-hybridized carbons (Fsp3) is 0.250. The molecule has 3 aromatic heterocycles. The molecule has 4 rings (SSSR count). The van der Waals surface area contributed by atoms with Crippen LogP contribution < -0.4 is 5.56 Å². The number of pyridine rings is 1. The minimum Gasteiger partial charge on any atom is -0.461 e. The first-order valence-corrected chi connectivity index (χ1v) is 7.71. The van der Waals surface area contributed by atoms with Crippen LogP contribution in [0.2, 0.25) is 0 Å². The lowest BCUT2D eigenvalue weighted by molar-refractivity contribution is 0.0520. The van der Waals surface area contributed by atoms with Crippen LogP contribution in [0.15, 0.2) is 29.2 Å². The van der Waals surface area contributed by atoms with Gasteiger partial charge in [-0.05, 0) is 31.9 Å². The Kier molecular flexibility index (Phi) is 3.30. The molecule has 1 aliphatic carbocycles. The Hall–Kier alpha value is -3.16. The van der Waals surface area contributed by atoms with E-state index >= 15 is 0 Å². The van der Waals surface area contributed by atoms with Crippen molar-refractivity contribution in [3.05, 3.63) is 51.7 Å². The number of hydrogen-bond acceptors (Lipinski definition) is 5. The van der Waals surface area contributed by atoms with Crippen LogP contribution in [0.25, 0.3) is 17.1 Å². The highest BCUT2D eigenvalue weighted by Gasteiger charge is 2.32. The summed E-state index contributed by atoms with van der Waals surface area (Å²) in [5, 5.41) is 9.88. The molecule has 0 aliphatic heterocycles. The number of rotatable bonds is 3. The summed E-state index contributed by atoms with van der Waals surface area (Å²) in [4.78, 5) is 28.6. The molecule has 0 unspecified atom stereocenters. The zero-order valence-corrected chi connectivity index (χ0v) is 13.0. The lowest BCUT2D eigenvalue weighted by Gasteiger charge is -2.13. The summed E-state index contributed by atoms with van der Waals surface area (Å²) >= 11 is 0. The molecule has 0 atom stereocenters. The summed E-state index contributed by atoms with van der Waals surface area (Å²) in [6.45, 7) is 1.99. The van der Waals surface area contributed by atoms with Crippen molar-refractivity contribution in [3.63, 3.8) is 0 Å². The summed E-state index contributed by atoms with van der Waals surface area (Å²) in [5.74, 6) is 0.101. The van der Waals surface area contributed by atoms with Crippen molar-refractivity contribution in [1.82, 2.24) is 25.0 Å². The van der Waals surface area contributed by atoms with E-state index in [1.54, 1.807) is 17.8 Å². The molecular weight excluding hydrogens is 310 g/mol. The Morgan fingerprint density at radius 2 is 2.21 bits per heavy atom. The van der Waals surface area contributed by atoms with Crippen LogP contribution in [0.4, 0.5) is 0 Å². The third kappa shape index (κ3) is 2.07. The smallest absolute Gasteiger partial charge is 0.359 e. The number of H-pyrrole nitrogens is 2. The van der Waals surface area contributed by atoms with E-state index in [0.29, 0.717) is 35.5 Å². The zero-order valence-electron chi connectivity index (χ0n) is 13.0. The van der Waals surface area contributed by atoms with Crippen molar-refractivity contribution in [2.45, 2.75) is 19.8 Å². The number of esters is 1. The number of hydrogen-bond donors (Lipinski definition) is 2. The number of nitrogens with one attached hydrogen (secondary N) is 2. The highest BCUT2D eigenvalue weighted by Crippen LogP contribution is 2.34. The zero-order chi connectivity index (χ0) is 16.7. The van der Waals surface area contributed by atoms with Crippen LogP contribution in [-0.4, -0.2) is 37.5 Å². The van der Waals surface area contributed by atoms with Gasteiger partial charge in [0.25, 0.3) is 5.56 Å². The molecule has 2 N–H and O–H groups in total. The van der Waals surface area contributed by atoms with Gasteiger partial charge >= 0.3 is 5.97 Å². The summed E-state index contributed by atoms with van der Waals surface area (Å²) in [6, 6.07) is 5.48. The second-order valence-corrected chi connectivity index (χ2v) is 5.42. The monoisotopic (exact) mass is 325 g/mol. The van der Waals surface area contributed by atoms with Gasteiger partial charge < -0.3 is 4.74 Å². The summed E-state index contributed by atoms with van der Waals surface area (Å²) in [7, 11) is 0. The van der Waals surface area contributed by atoms with Crippen molar-refractivity contribution in [3.8, 4) is 17.1 Å². The first kappa shape index (κ1) is 14.4. The number of carbonyl (C=O) groups excluding carboxylic acids is 1. The Labute approximate surface area is 136 Å². The third-order valence-corrected chi connectivity index (χ3v) is 4.05. The SMILES string of the molecule is CCOC(=O)c1nn(-c2ccccn2)c2c1-c1[nH][nH]c(=O)c1CC2. The van der Waals surface area contributed by atoms with Crippen LogP contribution in [0, 0.1) is 0 Å². The summed E-state index contributed by atoms with van der Waals surface area (Å²) < 4.78 is 6.78. The van der Waals surface area contributed by atoms with E-state index < -0.39 is 5.97 Å². The van der Waals surface area contributed by atoms with Crippen LogP contribution in [0.1, 0.15) is 28.7 Å². The molecule has 24 heavy (non-hydrogen) atoms. The second kappa shape index (κ2) is 5.48. The Balaban J connectivity index is 1.97. The topological polar surface area (TPSA) is 106 Å². The van der Waals surface area contributed by atoms with Gasteiger partial charge in [-0.3, -0.25) is 15.0 Å². The van der Waals surface area contributed by atoms with Crippen molar-refractivity contribution in [2.75, 3.05) is 6.61 Å². The average molecular weight is 325 g/mol. The molecular formula is C16H15N5O3. The van der Waals surface area contributed by atoms with Crippen molar-refractivity contribution < 1.29 is 9.53 Å². The standard InChI is InChI=1S/C16H15N5O3/c1-2-24-16(23)14-12-10(7-6-9-13(12)18-19-15(9)22)21(20-14)11-5-3-4-8-17-11/h3-5,8H,2,6-7H2,1H3,(H2,18,19,22). The van der Waals surface area contributed by atoms with Crippen molar-refractivity contribution >= 4 is 5.97 Å². The normalized spacial score (nSPS) is 12.5. The number of aromatic amines is 2. The molecule has 0 spiro atoms. The lowest BCUT2D eigenvalue weighted by atomic mass is 9.94. The minimum absolute atomic E-state index is 0.170. The molecule has 0 fully saturated rings.